The molecule has 3 heteroatoms. The van der Waals surface area contributed by atoms with E-state index < -0.39 is 11.5 Å². The molecule has 1 N–H and O–H groups in total. The van der Waals surface area contributed by atoms with Crippen LogP contribution in [0.2, 0.25) is 0 Å². The van der Waals surface area contributed by atoms with Gasteiger partial charge in [0.05, 0.1) is 0 Å². The molecule has 0 aliphatic heterocycles. The van der Waals surface area contributed by atoms with Crippen molar-refractivity contribution in [1.29, 1.82) is 0 Å². The lowest BCUT2D eigenvalue weighted by molar-refractivity contribution is 0.137. The molecule has 3 aromatic rings. The van der Waals surface area contributed by atoms with Crippen molar-refractivity contribution in [3.63, 3.8) is 0 Å². The number of benzene rings is 3. The minimum absolute atomic E-state index is 0.243. The molecule has 0 heterocycles. The Labute approximate surface area is 178 Å². The first-order valence-corrected chi connectivity index (χ1v) is 10.1. The van der Waals surface area contributed by atoms with Gasteiger partial charge in [0.25, 0.3) is 0 Å². The van der Waals surface area contributed by atoms with Gasteiger partial charge in [-0.1, -0.05) is 116 Å². The molecular weight excluding hydrogens is 370 g/mol. The molecule has 0 aromatic heterocycles. The van der Waals surface area contributed by atoms with Gasteiger partial charge < -0.3 is 10.1 Å². The fourth-order valence-corrected chi connectivity index (χ4v) is 3.56. The largest absolute Gasteiger partial charge is 0.445 e. The van der Waals surface area contributed by atoms with E-state index in [2.05, 4.69) is 42.2 Å². The van der Waals surface area contributed by atoms with Gasteiger partial charge in [0.15, 0.2) is 0 Å². The third-order valence-electron chi connectivity index (χ3n) is 5.14. The monoisotopic (exact) mass is 397 g/mol. The average Bonchev–Trinajstić information content (AvgIpc) is 2.82. The molecule has 0 radical (unpaired) electrons. The first-order chi connectivity index (χ1) is 14.7. The fourth-order valence-electron chi connectivity index (χ4n) is 3.56. The Morgan fingerprint density at radius 1 is 0.867 bits per heavy atom. The van der Waals surface area contributed by atoms with E-state index in [1.165, 1.54) is 0 Å². The van der Waals surface area contributed by atoms with E-state index in [4.69, 9.17) is 4.74 Å². The van der Waals surface area contributed by atoms with Gasteiger partial charge in [-0.3, -0.25) is 0 Å². The van der Waals surface area contributed by atoms with Crippen LogP contribution < -0.4 is 5.32 Å². The molecule has 3 nitrogen and oxygen atoms in total. The van der Waals surface area contributed by atoms with Crippen LogP contribution in [0.1, 0.15) is 23.1 Å². The molecule has 0 aliphatic carbocycles. The summed E-state index contributed by atoms with van der Waals surface area (Å²) in [4.78, 5) is 12.5. The summed E-state index contributed by atoms with van der Waals surface area (Å²) in [6, 6.07) is 30.2. The summed E-state index contributed by atoms with van der Waals surface area (Å²) in [6.07, 6.45) is 6.08. The zero-order valence-corrected chi connectivity index (χ0v) is 17.0. The second-order valence-corrected chi connectivity index (χ2v) is 7.10. The third-order valence-corrected chi connectivity index (χ3v) is 5.14. The summed E-state index contributed by atoms with van der Waals surface area (Å²) in [7, 11) is 0. The predicted octanol–water partition coefficient (Wildman–Crippen LogP) is 6.03. The Hall–Kier alpha value is -3.59. The highest BCUT2D eigenvalue weighted by atomic mass is 16.5. The molecule has 3 aromatic carbocycles. The number of ether oxygens (including phenoxy) is 1. The third kappa shape index (κ3) is 5.48. The maximum absolute atomic E-state index is 12.5. The summed E-state index contributed by atoms with van der Waals surface area (Å²) >= 11 is 0. The number of rotatable bonds is 9. The molecule has 30 heavy (non-hydrogen) atoms. The maximum Gasteiger partial charge on any atom is 0.407 e. The Bertz CT molecular complexity index is 910. The van der Waals surface area contributed by atoms with Gasteiger partial charge in [-0.05, 0) is 23.1 Å². The fraction of sp³-hybridized carbons (Fsp3) is 0.148. The smallest absolute Gasteiger partial charge is 0.407 e. The van der Waals surface area contributed by atoms with E-state index in [9.17, 15) is 4.79 Å². The molecule has 0 atom stereocenters. The Morgan fingerprint density at radius 3 is 1.93 bits per heavy atom. The van der Waals surface area contributed by atoms with E-state index >= 15 is 0 Å². The van der Waals surface area contributed by atoms with Crippen LogP contribution in [0.5, 0.6) is 0 Å². The number of carbonyl (C=O) groups is 1. The highest BCUT2D eigenvalue weighted by molar-refractivity contribution is 5.67. The lowest BCUT2D eigenvalue weighted by atomic mass is 9.72. The minimum atomic E-state index is -0.428. The van der Waals surface area contributed by atoms with E-state index in [1.807, 2.05) is 72.8 Å². The van der Waals surface area contributed by atoms with Crippen LogP contribution in [-0.2, 0) is 16.8 Å². The molecule has 0 bridgehead atoms. The van der Waals surface area contributed by atoms with Gasteiger partial charge in [0, 0.05) is 12.0 Å². The summed E-state index contributed by atoms with van der Waals surface area (Å²) in [6.45, 7) is 4.43. The Kier molecular flexibility index (Phi) is 7.62. The zero-order chi connectivity index (χ0) is 21.1. The highest BCUT2D eigenvalue weighted by Crippen LogP contribution is 2.35. The quantitative estimate of drug-likeness (QED) is 0.448. The normalized spacial score (nSPS) is 11.2. The molecule has 0 unspecified atom stereocenters. The molecule has 3 rings (SSSR count). The molecule has 152 valence electrons. The molecule has 0 spiro atoms. The summed E-state index contributed by atoms with van der Waals surface area (Å²) in [5, 5.41) is 3.00. The van der Waals surface area contributed by atoms with Gasteiger partial charge in [-0.25, -0.2) is 4.79 Å². The number of alkyl carbamates (subject to hydrolysis) is 1. The minimum Gasteiger partial charge on any atom is -0.445 e. The standard InChI is InChI=1S/C27H27NO2/c1-2-3-13-20-27(24-16-9-5-10-17-24,25-18-11-6-12-19-25)22-28-26(29)30-21-23-14-7-4-8-15-23/h2-19H,1,20-22H2,(H,28,29)/b13-3+. The van der Waals surface area contributed by atoms with Gasteiger partial charge in [0.1, 0.15) is 6.61 Å². The number of nitrogens with one attached hydrogen (secondary N) is 1. The van der Waals surface area contributed by atoms with Crippen LogP contribution in [-0.4, -0.2) is 12.6 Å². The number of hydrogen-bond acceptors (Lipinski definition) is 2. The lowest BCUT2D eigenvalue weighted by Gasteiger charge is -2.34. The van der Waals surface area contributed by atoms with Crippen LogP contribution in [0.25, 0.3) is 0 Å². The van der Waals surface area contributed by atoms with E-state index in [-0.39, 0.29) is 6.61 Å². The van der Waals surface area contributed by atoms with Crippen LogP contribution in [0.4, 0.5) is 4.79 Å². The molecule has 0 aliphatic rings. The molecule has 1 amide bonds. The van der Waals surface area contributed by atoms with E-state index in [1.54, 1.807) is 6.08 Å². The van der Waals surface area contributed by atoms with Crippen molar-refractivity contribution in [2.75, 3.05) is 6.54 Å². The molecular formula is C27H27NO2. The Balaban J connectivity index is 1.83. The molecule has 0 saturated heterocycles. The number of amides is 1. The van der Waals surface area contributed by atoms with Crippen LogP contribution >= 0.6 is 0 Å². The van der Waals surface area contributed by atoms with Crippen LogP contribution in [0, 0.1) is 0 Å². The van der Waals surface area contributed by atoms with Crippen molar-refractivity contribution >= 4 is 6.09 Å². The molecule has 0 fully saturated rings. The van der Waals surface area contributed by atoms with Crippen molar-refractivity contribution in [3.05, 3.63) is 132 Å². The molecule has 0 saturated carbocycles. The summed E-state index contributed by atoms with van der Waals surface area (Å²) in [5.74, 6) is 0. The second-order valence-electron chi connectivity index (χ2n) is 7.10. The second kappa shape index (κ2) is 10.8. The van der Waals surface area contributed by atoms with Crippen molar-refractivity contribution in [2.24, 2.45) is 0 Å². The number of allylic oxidation sites excluding steroid dienone is 3. The van der Waals surface area contributed by atoms with Crippen molar-refractivity contribution in [2.45, 2.75) is 18.4 Å². The SMILES string of the molecule is C=C/C=C/CC(CNC(=O)OCc1ccccc1)(c1ccccc1)c1ccccc1. The first kappa shape index (κ1) is 21.1. The average molecular weight is 398 g/mol. The number of carbonyl (C=O) groups excluding carboxylic acids is 1. The van der Waals surface area contributed by atoms with Crippen LogP contribution in [0.15, 0.2) is 116 Å². The topological polar surface area (TPSA) is 38.3 Å². The number of hydrogen-bond donors (Lipinski definition) is 1. The first-order valence-electron chi connectivity index (χ1n) is 10.1. The van der Waals surface area contributed by atoms with Crippen molar-refractivity contribution in [3.8, 4) is 0 Å². The van der Waals surface area contributed by atoms with Crippen molar-refractivity contribution in [1.82, 2.24) is 5.32 Å². The zero-order valence-electron chi connectivity index (χ0n) is 17.0. The summed E-state index contributed by atoms with van der Waals surface area (Å²) < 4.78 is 5.44. The Morgan fingerprint density at radius 2 is 1.40 bits per heavy atom. The lowest BCUT2D eigenvalue weighted by Crippen LogP contribution is -2.41. The highest BCUT2D eigenvalue weighted by Gasteiger charge is 2.33. The van der Waals surface area contributed by atoms with Gasteiger partial charge in [-0.2, -0.15) is 0 Å². The van der Waals surface area contributed by atoms with Gasteiger partial charge in [-0.15, -0.1) is 0 Å². The van der Waals surface area contributed by atoms with E-state index in [0.29, 0.717) is 13.0 Å². The predicted molar refractivity (Wildman–Crippen MR) is 122 cm³/mol. The summed E-state index contributed by atoms with van der Waals surface area (Å²) in [5.41, 5.74) is 2.80. The van der Waals surface area contributed by atoms with Crippen LogP contribution in [0.3, 0.4) is 0 Å². The van der Waals surface area contributed by atoms with Gasteiger partial charge >= 0.3 is 6.09 Å². The van der Waals surface area contributed by atoms with E-state index in [0.717, 1.165) is 16.7 Å². The van der Waals surface area contributed by atoms with Gasteiger partial charge in [0.2, 0.25) is 0 Å². The maximum atomic E-state index is 12.5. The van der Waals surface area contributed by atoms with Crippen molar-refractivity contribution < 1.29 is 9.53 Å².